The third kappa shape index (κ3) is 4.10. The third-order valence-electron chi connectivity index (χ3n) is 2.80. The molecule has 1 unspecified atom stereocenters. The van der Waals surface area contributed by atoms with Gasteiger partial charge in [0.05, 0.1) is 0 Å². The fourth-order valence-electron chi connectivity index (χ4n) is 1.96. The smallest absolute Gasteiger partial charge is 0.0105 e. The number of rotatable bonds is 3. The van der Waals surface area contributed by atoms with Crippen LogP contribution in [0.2, 0.25) is 0 Å². The molecule has 0 aromatic heterocycles. The van der Waals surface area contributed by atoms with Gasteiger partial charge in [-0.25, -0.2) is 0 Å². The first-order valence-corrected chi connectivity index (χ1v) is 5.44. The molecule has 1 heterocycles. The minimum absolute atomic E-state index is 0.275. The Morgan fingerprint density at radius 2 is 2.08 bits per heavy atom. The van der Waals surface area contributed by atoms with Gasteiger partial charge in [0.1, 0.15) is 0 Å². The lowest BCUT2D eigenvalue weighted by atomic mass is 10.1. The predicted molar refractivity (Wildman–Crippen MR) is 58.0 cm³/mol. The molecular weight excluding hydrogens is 160 g/mol. The molecule has 0 spiro atoms. The Kier molecular flexibility index (Phi) is 3.74. The molecule has 0 aromatic carbocycles. The van der Waals surface area contributed by atoms with E-state index < -0.39 is 0 Å². The van der Waals surface area contributed by atoms with E-state index in [9.17, 15) is 0 Å². The van der Waals surface area contributed by atoms with Gasteiger partial charge in [0.15, 0.2) is 0 Å². The first-order valence-electron chi connectivity index (χ1n) is 5.44. The summed E-state index contributed by atoms with van der Waals surface area (Å²) in [5.74, 6) is 0. The van der Waals surface area contributed by atoms with E-state index in [0.29, 0.717) is 0 Å². The maximum atomic E-state index is 3.54. The fraction of sp³-hybridized carbons (Fsp3) is 1.00. The normalized spacial score (nSPS) is 25.4. The molecule has 1 N–H and O–H groups in total. The van der Waals surface area contributed by atoms with Gasteiger partial charge >= 0.3 is 0 Å². The van der Waals surface area contributed by atoms with Gasteiger partial charge in [-0.05, 0) is 60.2 Å². The molecule has 1 aliphatic heterocycles. The van der Waals surface area contributed by atoms with Gasteiger partial charge in [-0.2, -0.15) is 0 Å². The van der Waals surface area contributed by atoms with Crippen LogP contribution in [-0.4, -0.2) is 36.6 Å². The Hall–Kier alpha value is -0.0800. The summed E-state index contributed by atoms with van der Waals surface area (Å²) in [6.07, 6.45) is 4.08. The first kappa shape index (κ1) is 11.0. The van der Waals surface area contributed by atoms with E-state index in [4.69, 9.17) is 0 Å². The summed E-state index contributed by atoms with van der Waals surface area (Å²) >= 11 is 0. The molecule has 1 saturated heterocycles. The van der Waals surface area contributed by atoms with Crippen molar-refractivity contribution in [2.24, 2.45) is 0 Å². The summed E-state index contributed by atoms with van der Waals surface area (Å²) < 4.78 is 0. The number of hydrogen-bond acceptors (Lipinski definition) is 2. The van der Waals surface area contributed by atoms with Crippen LogP contribution >= 0.6 is 0 Å². The van der Waals surface area contributed by atoms with Crippen molar-refractivity contribution in [1.82, 2.24) is 10.2 Å². The summed E-state index contributed by atoms with van der Waals surface area (Å²) in [5, 5.41) is 3.54. The molecule has 0 saturated carbocycles. The summed E-state index contributed by atoms with van der Waals surface area (Å²) in [4.78, 5) is 2.49. The second kappa shape index (κ2) is 4.43. The average molecular weight is 184 g/mol. The Labute approximate surface area is 82.7 Å². The number of nitrogens with one attached hydrogen (secondary N) is 1. The molecular formula is C11H24N2. The molecule has 1 rings (SSSR count). The standard InChI is InChI=1S/C11H24N2/c1-11(2,3)12-8-7-10-6-5-9-13(10)4/h10,12H,5-9H2,1-4H3. The van der Waals surface area contributed by atoms with Crippen molar-refractivity contribution >= 4 is 0 Å². The molecule has 1 fully saturated rings. The largest absolute Gasteiger partial charge is 0.312 e. The lowest BCUT2D eigenvalue weighted by Gasteiger charge is -2.24. The van der Waals surface area contributed by atoms with E-state index in [1.54, 1.807) is 0 Å². The molecule has 0 bridgehead atoms. The highest BCUT2D eigenvalue weighted by Gasteiger charge is 2.20. The molecule has 1 aliphatic rings. The highest BCUT2D eigenvalue weighted by atomic mass is 15.1. The number of hydrogen-bond donors (Lipinski definition) is 1. The first-order chi connectivity index (χ1) is 5.99. The van der Waals surface area contributed by atoms with Gasteiger partial charge in [-0.3, -0.25) is 0 Å². The third-order valence-corrected chi connectivity index (χ3v) is 2.80. The van der Waals surface area contributed by atoms with Crippen LogP contribution in [0.15, 0.2) is 0 Å². The van der Waals surface area contributed by atoms with Gasteiger partial charge in [0, 0.05) is 11.6 Å². The highest BCUT2D eigenvalue weighted by Crippen LogP contribution is 2.17. The quantitative estimate of drug-likeness (QED) is 0.720. The van der Waals surface area contributed by atoms with Crippen molar-refractivity contribution in [3.05, 3.63) is 0 Å². The van der Waals surface area contributed by atoms with Crippen LogP contribution in [0.25, 0.3) is 0 Å². The van der Waals surface area contributed by atoms with Crippen molar-refractivity contribution in [2.45, 2.75) is 51.6 Å². The van der Waals surface area contributed by atoms with Crippen molar-refractivity contribution in [3.63, 3.8) is 0 Å². The second-order valence-electron chi connectivity index (χ2n) is 5.24. The molecule has 1 atom stereocenters. The van der Waals surface area contributed by atoms with E-state index in [1.807, 2.05) is 0 Å². The zero-order valence-corrected chi connectivity index (χ0v) is 9.56. The summed E-state index contributed by atoms with van der Waals surface area (Å²) in [6, 6.07) is 0.829. The highest BCUT2D eigenvalue weighted by molar-refractivity contribution is 4.78. The van der Waals surface area contributed by atoms with E-state index in [1.165, 1.54) is 25.8 Å². The van der Waals surface area contributed by atoms with Crippen molar-refractivity contribution in [1.29, 1.82) is 0 Å². The Bertz CT molecular complexity index is 149. The predicted octanol–water partition coefficient (Wildman–Crippen LogP) is 1.86. The summed E-state index contributed by atoms with van der Waals surface area (Å²) in [7, 11) is 2.24. The van der Waals surface area contributed by atoms with E-state index in [2.05, 4.69) is 38.0 Å². The van der Waals surface area contributed by atoms with E-state index >= 15 is 0 Å². The fourth-order valence-corrected chi connectivity index (χ4v) is 1.96. The average Bonchev–Trinajstić information content (AvgIpc) is 2.34. The molecule has 0 aliphatic carbocycles. The SMILES string of the molecule is CN1CCCC1CCNC(C)(C)C. The Morgan fingerprint density at radius 1 is 1.38 bits per heavy atom. The zero-order chi connectivity index (χ0) is 9.90. The maximum absolute atomic E-state index is 3.54. The summed E-state index contributed by atoms with van der Waals surface area (Å²) in [5.41, 5.74) is 0.275. The van der Waals surface area contributed by atoms with Gasteiger partial charge in [0.2, 0.25) is 0 Å². The Morgan fingerprint density at radius 3 is 2.54 bits per heavy atom. The van der Waals surface area contributed by atoms with Crippen LogP contribution in [0.4, 0.5) is 0 Å². The number of likely N-dealkylation sites (tertiary alicyclic amines) is 1. The minimum atomic E-state index is 0.275. The molecule has 2 heteroatoms. The van der Waals surface area contributed by atoms with Crippen molar-refractivity contribution < 1.29 is 0 Å². The van der Waals surface area contributed by atoms with Gasteiger partial charge < -0.3 is 10.2 Å². The van der Waals surface area contributed by atoms with E-state index in [0.717, 1.165) is 12.6 Å². The molecule has 0 radical (unpaired) electrons. The molecule has 13 heavy (non-hydrogen) atoms. The van der Waals surface area contributed by atoms with E-state index in [-0.39, 0.29) is 5.54 Å². The van der Waals surface area contributed by atoms with Crippen molar-refractivity contribution in [3.8, 4) is 0 Å². The molecule has 78 valence electrons. The lowest BCUT2D eigenvalue weighted by Crippen LogP contribution is -2.38. The maximum Gasteiger partial charge on any atom is 0.0105 e. The van der Waals surface area contributed by atoms with Crippen LogP contribution in [0.3, 0.4) is 0 Å². The monoisotopic (exact) mass is 184 g/mol. The van der Waals surface area contributed by atoms with Crippen LogP contribution in [0.5, 0.6) is 0 Å². The van der Waals surface area contributed by atoms with Gasteiger partial charge in [-0.15, -0.1) is 0 Å². The molecule has 0 amide bonds. The lowest BCUT2D eigenvalue weighted by molar-refractivity contribution is 0.283. The second-order valence-corrected chi connectivity index (χ2v) is 5.24. The van der Waals surface area contributed by atoms with Crippen LogP contribution < -0.4 is 5.32 Å². The summed E-state index contributed by atoms with van der Waals surface area (Å²) in [6.45, 7) is 9.13. The van der Waals surface area contributed by atoms with Gasteiger partial charge in [0.25, 0.3) is 0 Å². The van der Waals surface area contributed by atoms with Crippen molar-refractivity contribution in [2.75, 3.05) is 20.1 Å². The number of nitrogens with zero attached hydrogens (tertiary/aromatic N) is 1. The van der Waals surface area contributed by atoms with Crippen LogP contribution in [0, 0.1) is 0 Å². The minimum Gasteiger partial charge on any atom is -0.312 e. The van der Waals surface area contributed by atoms with Crippen LogP contribution in [-0.2, 0) is 0 Å². The van der Waals surface area contributed by atoms with Gasteiger partial charge in [-0.1, -0.05) is 0 Å². The topological polar surface area (TPSA) is 15.3 Å². The molecule has 2 nitrogen and oxygen atoms in total. The zero-order valence-electron chi connectivity index (χ0n) is 9.56. The Balaban J connectivity index is 2.12. The van der Waals surface area contributed by atoms with Crippen LogP contribution in [0.1, 0.15) is 40.0 Å². The molecule has 0 aromatic rings.